The number of hydrogen-bond donors (Lipinski definition) is 3. The number of rotatable bonds is 10. The van der Waals surface area contributed by atoms with Crippen molar-refractivity contribution in [2.75, 3.05) is 26.5 Å². The van der Waals surface area contributed by atoms with Gasteiger partial charge in [-0.3, -0.25) is 9.59 Å². The summed E-state index contributed by atoms with van der Waals surface area (Å²) in [6.45, 7) is 0.624. The molecule has 0 aliphatic rings. The van der Waals surface area contributed by atoms with Gasteiger partial charge in [0.05, 0.1) is 17.3 Å². The third-order valence-corrected chi connectivity index (χ3v) is 5.63. The van der Waals surface area contributed by atoms with Crippen molar-refractivity contribution in [1.29, 1.82) is 0 Å². The maximum absolute atomic E-state index is 12.2. The van der Waals surface area contributed by atoms with Crippen LogP contribution in [-0.4, -0.2) is 50.8 Å². The predicted octanol–water partition coefficient (Wildman–Crippen LogP) is 0.488. The molecule has 28 heavy (non-hydrogen) atoms. The highest BCUT2D eigenvalue weighted by Gasteiger charge is 2.14. The number of aromatic nitrogens is 2. The normalized spacial score (nSPS) is 11.4. The molecular weight excluding hydrogens is 404 g/mol. The van der Waals surface area contributed by atoms with Crippen LogP contribution < -0.4 is 15.6 Å². The van der Waals surface area contributed by atoms with Gasteiger partial charge in [0.15, 0.2) is 0 Å². The zero-order chi connectivity index (χ0) is 20.6. The van der Waals surface area contributed by atoms with E-state index in [2.05, 4.69) is 20.0 Å². The van der Waals surface area contributed by atoms with Crippen molar-refractivity contribution >= 4 is 27.7 Å². The Labute approximate surface area is 167 Å². The van der Waals surface area contributed by atoms with Crippen LogP contribution in [0.5, 0.6) is 0 Å². The molecule has 0 fully saturated rings. The van der Waals surface area contributed by atoms with E-state index >= 15 is 0 Å². The third kappa shape index (κ3) is 6.44. The first-order chi connectivity index (χ1) is 13.4. The summed E-state index contributed by atoms with van der Waals surface area (Å²) in [6, 6.07) is 7.27. The number of nitrogens with one attached hydrogen (secondary N) is 3. The van der Waals surface area contributed by atoms with E-state index < -0.39 is 15.9 Å². The third-order valence-electron chi connectivity index (χ3n) is 3.59. The Morgan fingerprint density at radius 2 is 2.00 bits per heavy atom. The molecule has 0 saturated carbocycles. The van der Waals surface area contributed by atoms with Crippen LogP contribution in [-0.2, 0) is 27.1 Å². The van der Waals surface area contributed by atoms with Gasteiger partial charge in [0, 0.05) is 26.3 Å². The summed E-state index contributed by atoms with van der Waals surface area (Å²) in [5, 5.41) is 2.67. The molecule has 11 heteroatoms. The van der Waals surface area contributed by atoms with Crippen molar-refractivity contribution in [2.24, 2.45) is 0 Å². The summed E-state index contributed by atoms with van der Waals surface area (Å²) in [5.41, 5.74) is 0.354. The highest BCUT2D eigenvalue weighted by atomic mass is 32.2. The maximum Gasteiger partial charge on any atom is 0.270 e. The van der Waals surface area contributed by atoms with Gasteiger partial charge >= 0.3 is 0 Å². The summed E-state index contributed by atoms with van der Waals surface area (Å²) in [4.78, 5) is 30.7. The van der Waals surface area contributed by atoms with Crippen molar-refractivity contribution in [3.8, 4) is 0 Å². The summed E-state index contributed by atoms with van der Waals surface area (Å²) in [5.74, 6) is 0.442. The van der Waals surface area contributed by atoms with Gasteiger partial charge in [-0.2, -0.15) is 11.8 Å². The molecule has 152 valence electrons. The van der Waals surface area contributed by atoms with Gasteiger partial charge < -0.3 is 15.0 Å². The first kappa shape index (κ1) is 22.1. The fourth-order valence-electron chi connectivity index (χ4n) is 2.25. The number of carbonyl (C=O) groups is 1. The molecule has 0 bridgehead atoms. The second kappa shape index (κ2) is 10.4. The molecule has 0 aliphatic carbocycles. The summed E-state index contributed by atoms with van der Waals surface area (Å²) >= 11 is 1.48. The van der Waals surface area contributed by atoms with Crippen LogP contribution in [0.1, 0.15) is 21.9 Å². The molecule has 1 heterocycles. The van der Waals surface area contributed by atoms with E-state index in [1.807, 2.05) is 6.26 Å². The van der Waals surface area contributed by atoms with Crippen molar-refractivity contribution in [2.45, 2.75) is 17.2 Å². The van der Waals surface area contributed by atoms with Crippen LogP contribution in [0.25, 0.3) is 0 Å². The van der Waals surface area contributed by atoms with E-state index in [-0.39, 0.29) is 35.8 Å². The number of H-pyrrole nitrogens is 1. The minimum atomic E-state index is -3.61. The van der Waals surface area contributed by atoms with Crippen molar-refractivity contribution < 1.29 is 17.9 Å². The highest BCUT2D eigenvalue weighted by Crippen LogP contribution is 2.10. The Morgan fingerprint density at radius 3 is 2.64 bits per heavy atom. The van der Waals surface area contributed by atoms with Gasteiger partial charge in [0.1, 0.15) is 11.5 Å². The molecule has 0 radical (unpaired) electrons. The van der Waals surface area contributed by atoms with Gasteiger partial charge in [0.25, 0.3) is 11.5 Å². The van der Waals surface area contributed by atoms with Gasteiger partial charge in [-0.1, -0.05) is 12.1 Å². The lowest BCUT2D eigenvalue weighted by molar-refractivity contribution is 0.0945. The fraction of sp³-hybridized carbons (Fsp3) is 0.353. The molecule has 2 rings (SSSR count). The molecule has 1 aromatic heterocycles. The van der Waals surface area contributed by atoms with Crippen LogP contribution in [0.3, 0.4) is 0 Å². The lowest BCUT2D eigenvalue weighted by atomic mass is 10.2. The molecule has 9 nitrogen and oxygen atoms in total. The number of ether oxygens (including phenoxy) is 1. The SMILES string of the molecule is COCCNS(=O)(=O)c1ccc(CNC(=O)c2cc(=O)[nH]c(CSC)n2)cc1. The average molecular weight is 427 g/mol. The number of sulfonamides is 1. The zero-order valence-electron chi connectivity index (χ0n) is 15.5. The Kier molecular flexibility index (Phi) is 8.18. The van der Waals surface area contributed by atoms with Crippen molar-refractivity contribution in [3.05, 3.63) is 57.8 Å². The number of nitrogens with zero attached hydrogens (tertiary/aromatic N) is 1. The largest absolute Gasteiger partial charge is 0.383 e. The summed E-state index contributed by atoms with van der Waals surface area (Å²) < 4.78 is 31.5. The fourth-order valence-corrected chi connectivity index (χ4v) is 3.67. The first-order valence-corrected chi connectivity index (χ1v) is 11.2. The van der Waals surface area contributed by atoms with Crippen LogP contribution in [0, 0.1) is 0 Å². The molecule has 1 amide bonds. The Bertz CT molecular complexity index is 958. The molecule has 0 spiro atoms. The Morgan fingerprint density at radius 1 is 1.29 bits per heavy atom. The second-order valence-electron chi connectivity index (χ2n) is 5.73. The molecule has 0 saturated heterocycles. The zero-order valence-corrected chi connectivity index (χ0v) is 17.2. The number of thioether (sulfide) groups is 1. The van der Waals surface area contributed by atoms with E-state index in [0.717, 1.165) is 6.07 Å². The highest BCUT2D eigenvalue weighted by molar-refractivity contribution is 7.97. The number of benzene rings is 1. The van der Waals surface area contributed by atoms with Crippen LogP contribution >= 0.6 is 11.8 Å². The molecule has 0 unspecified atom stereocenters. The lowest BCUT2D eigenvalue weighted by Gasteiger charge is -2.08. The topological polar surface area (TPSA) is 130 Å². The molecule has 0 aliphatic heterocycles. The number of hydrogen-bond acceptors (Lipinski definition) is 7. The summed E-state index contributed by atoms with van der Waals surface area (Å²) in [7, 11) is -2.12. The molecule has 2 aromatic rings. The van der Waals surface area contributed by atoms with Gasteiger partial charge in [0.2, 0.25) is 10.0 Å². The minimum absolute atomic E-state index is 0.0364. The van der Waals surface area contributed by atoms with E-state index in [4.69, 9.17) is 4.74 Å². The van der Waals surface area contributed by atoms with Gasteiger partial charge in [-0.15, -0.1) is 0 Å². The molecule has 0 atom stereocenters. The van der Waals surface area contributed by atoms with Crippen molar-refractivity contribution in [1.82, 2.24) is 20.0 Å². The summed E-state index contributed by atoms with van der Waals surface area (Å²) in [6.07, 6.45) is 1.86. The van der Waals surface area contributed by atoms with E-state index in [1.54, 1.807) is 12.1 Å². The molecule has 1 aromatic carbocycles. The smallest absolute Gasteiger partial charge is 0.270 e. The predicted molar refractivity (Wildman–Crippen MR) is 107 cm³/mol. The standard InChI is InChI=1S/C17H22N4O5S2/c1-26-8-7-19-28(24,25)13-5-3-12(4-6-13)10-18-17(23)14-9-16(22)21-15(20-14)11-27-2/h3-6,9,19H,7-8,10-11H2,1-2H3,(H,18,23)(H,20,21,22). The molecular formula is C17H22N4O5S2. The minimum Gasteiger partial charge on any atom is -0.383 e. The van der Waals surface area contributed by atoms with Crippen molar-refractivity contribution in [3.63, 3.8) is 0 Å². The first-order valence-electron chi connectivity index (χ1n) is 8.30. The Balaban J connectivity index is 1.99. The van der Waals surface area contributed by atoms with E-state index in [9.17, 15) is 18.0 Å². The maximum atomic E-state index is 12.2. The second-order valence-corrected chi connectivity index (χ2v) is 8.36. The molecule has 3 N–H and O–H groups in total. The van der Waals surface area contributed by atoms with Crippen LogP contribution in [0.15, 0.2) is 40.0 Å². The van der Waals surface area contributed by atoms with E-state index in [1.165, 1.54) is 31.0 Å². The number of carbonyl (C=O) groups excluding carboxylic acids is 1. The van der Waals surface area contributed by atoms with Gasteiger partial charge in [-0.25, -0.2) is 18.1 Å². The van der Waals surface area contributed by atoms with Crippen LogP contribution in [0.2, 0.25) is 0 Å². The van der Waals surface area contributed by atoms with Gasteiger partial charge in [-0.05, 0) is 24.0 Å². The number of methoxy groups -OCH3 is 1. The Hall–Kier alpha value is -2.21. The number of aromatic amines is 1. The van der Waals surface area contributed by atoms with E-state index in [0.29, 0.717) is 17.1 Å². The monoisotopic (exact) mass is 426 g/mol. The van der Waals surface area contributed by atoms with Crippen LogP contribution in [0.4, 0.5) is 0 Å². The lowest BCUT2D eigenvalue weighted by Crippen LogP contribution is -2.27. The average Bonchev–Trinajstić information content (AvgIpc) is 2.66. The number of amides is 1. The quantitative estimate of drug-likeness (QED) is 0.471.